The Labute approximate surface area is 84.2 Å². The van der Waals surface area contributed by atoms with Gasteiger partial charge in [0.2, 0.25) is 0 Å². The van der Waals surface area contributed by atoms with E-state index in [2.05, 4.69) is 9.97 Å². The Kier molecular flexibility index (Phi) is 2.51. The second-order valence-electron chi connectivity index (χ2n) is 2.43. The Morgan fingerprint density at radius 2 is 2.14 bits per heavy atom. The van der Waals surface area contributed by atoms with Crippen LogP contribution >= 0.6 is 11.3 Å². The number of carbonyl (C=O) groups is 1. The van der Waals surface area contributed by atoms with Gasteiger partial charge in [0.15, 0.2) is 0 Å². The van der Waals surface area contributed by atoms with Crippen molar-refractivity contribution in [2.45, 2.75) is 0 Å². The van der Waals surface area contributed by atoms with Crippen molar-refractivity contribution in [3.63, 3.8) is 0 Å². The zero-order chi connectivity index (χ0) is 9.80. The number of hydrogen-bond acceptors (Lipinski definition) is 5. The van der Waals surface area contributed by atoms with Gasteiger partial charge in [0.25, 0.3) is 0 Å². The van der Waals surface area contributed by atoms with Crippen LogP contribution < -0.4 is 4.74 Å². The van der Waals surface area contributed by atoms with Crippen molar-refractivity contribution >= 4 is 17.3 Å². The minimum Gasteiger partial charge on any atom is -0.387 e. The van der Waals surface area contributed by atoms with Crippen molar-refractivity contribution in [2.24, 2.45) is 0 Å². The third-order valence-corrected chi connectivity index (χ3v) is 2.17. The minimum absolute atomic E-state index is 0.0729. The number of hydrogen-bond donors (Lipinski definition) is 0. The van der Waals surface area contributed by atoms with Gasteiger partial charge in [-0.2, -0.15) is 11.3 Å². The number of carbonyl (C=O) groups excluding carboxylic acids is 1. The highest BCUT2D eigenvalue weighted by atomic mass is 32.1. The summed E-state index contributed by atoms with van der Waals surface area (Å²) in [6.45, 7) is 0. The monoisotopic (exact) mass is 206 g/mol. The fraction of sp³-hybridized carbons (Fsp3) is 0. The highest BCUT2D eigenvalue weighted by Crippen LogP contribution is 2.09. The first-order chi connectivity index (χ1) is 6.86. The van der Waals surface area contributed by atoms with Gasteiger partial charge in [0, 0.05) is 17.8 Å². The number of esters is 1. The molecule has 5 heteroatoms. The largest absolute Gasteiger partial charge is 0.387 e. The van der Waals surface area contributed by atoms with E-state index in [-0.39, 0.29) is 6.01 Å². The lowest BCUT2D eigenvalue weighted by atomic mass is 10.3. The molecule has 0 aromatic carbocycles. The third kappa shape index (κ3) is 1.94. The molecular formula is C9H6N2O2S. The molecule has 0 fully saturated rings. The van der Waals surface area contributed by atoms with Crippen LogP contribution in [0, 0.1) is 0 Å². The van der Waals surface area contributed by atoms with E-state index in [1.165, 1.54) is 23.7 Å². The van der Waals surface area contributed by atoms with Crippen LogP contribution in [0.3, 0.4) is 0 Å². The Morgan fingerprint density at radius 3 is 2.79 bits per heavy atom. The quantitative estimate of drug-likeness (QED) is 0.702. The zero-order valence-corrected chi connectivity index (χ0v) is 7.90. The summed E-state index contributed by atoms with van der Waals surface area (Å²) >= 11 is 1.44. The molecule has 14 heavy (non-hydrogen) atoms. The average Bonchev–Trinajstić information content (AvgIpc) is 2.72. The molecule has 0 spiro atoms. The first-order valence-electron chi connectivity index (χ1n) is 3.87. The SMILES string of the molecule is O=C(Oc1ncccn1)c1ccsc1. The predicted octanol–water partition coefficient (Wildman–Crippen LogP) is 1.76. The molecule has 0 atom stereocenters. The third-order valence-electron chi connectivity index (χ3n) is 1.48. The van der Waals surface area contributed by atoms with Crippen molar-refractivity contribution in [1.82, 2.24) is 9.97 Å². The highest BCUT2D eigenvalue weighted by molar-refractivity contribution is 7.08. The molecule has 2 aromatic rings. The molecule has 70 valence electrons. The van der Waals surface area contributed by atoms with E-state index >= 15 is 0 Å². The van der Waals surface area contributed by atoms with Crippen molar-refractivity contribution in [2.75, 3.05) is 0 Å². The van der Waals surface area contributed by atoms with Gasteiger partial charge in [-0.3, -0.25) is 0 Å². The van der Waals surface area contributed by atoms with E-state index < -0.39 is 5.97 Å². The lowest BCUT2D eigenvalue weighted by molar-refractivity contribution is 0.0720. The lowest BCUT2D eigenvalue weighted by Crippen LogP contribution is -2.09. The van der Waals surface area contributed by atoms with Crippen molar-refractivity contribution in [1.29, 1.82) is 0 Å². The van der Waals surface area contributed by atoms with Crippen LogP contribution in [0.1, 0.15) is 10.4 Å². The normalized spacial score (nSPS) is 9.71. The molecule has 0 saturated carbocycles. The predicted molar refractivity (Wildman–Crippen MR) is 51.3 cm³/mol. The molecule has 0 N–H and O–H groups in total. The molecular weight excluding hydrogens is 200 g/mol. The van der Waals surface area contributed by atoms with Crippen LogP contribution in [0.2, 0.25) is 0 Å². The van der Waals surface area contributed by atoms with Crippen molar-refractivity contribution < 1.29 is 9.53 Å². The summed E-state index contributed by atoms with van der Waals surface area (Å²) in [5, 5.41) is 3.52. The zero-order valence-electron chi connectivity index (χ0n) is 7.08. The van der Waals surface area contributed by atoms with Gasteiger partial charge >= 0.3 is 12.0 Å². The van der Waals surface area contributed by atoms with Crippen molar-refractivity contribution in [3.05, 3.63) is 40.8 Å². The Bertz CT molecular complexity index is 414. The highest BCUT2D eigenvalue weighted by Gasteiger charge is 2.09. The maximum atomic E-state index is 11.4. The molecule has 0 saturated heterocycles. The summed E-state index contributed by atoms with van der Waals surface area (Å²) in [6.07, 6.45) is 3.03. The smallest absolute Gasteiger partial charge is 0.346 e. The molecule has 2 aromatic heterocycles. The topological polar surface area (TPSA) is 52.1 Å². The summed E-state index contributed by atoms with van der Waals surface area (Å²) in [5.74, 6) is -0.433. The first-order valence-corrected chi connectivity index (χ1v) is 4.82. The van der Waals surface area contributed by atoms with E-state index in [1.54, 1.807) is 17.5 Å². The van der Waals surface area contributed by atoms with Gasteiger partial charge in [-0.1, -0.05) is 0 Å². The number of thiophene rings is 1. The first kappa shape index (κ1) is 8.83. The summed E-state index contributed by atoms with van der Waals surface area (Å²) < 4.78 is 4.90. The van der Waals surface area contributed by atoms with Gasteiger partial charge in [-0.15, -0.1) is 0 Å². The average molecular weight is 206 g/mol. The molecule has 0 amide bonds. The van der Waals surface area contributed by atoms with Crippen LogP contribution in [0.25, 0.3) is 0 Å². The van der Waals surface area contributed by atoms with Crippen LogP contribution in [0.4, 0.5) is 0 Å². The van der Waals surface area contributed by atoms with E-state index in [1.807, 2.05) is 5.38 Å². The Morgan fingerprint density at radius 1 is 1.36 bits per heavy atom. The number of rotatable bonds is 2. The van der Waals surface area contributed by atoms with E-state index in [0.717, 1.165) is 0 Å². The molecule has 2 heterocycles. The maximum absolute atomic E-state index is 11.4. The molecule has 0 bridgehead atoms. The minimum atomic E-state index is -0.433. The van der Waals surface area contributed by atoms with Gasteiger partial charge in [-0.25, -0.2) is 14.8 Å². The van der Waals surface area contributed by atoms with Crippen LogP contribution in [-0.2, 0) is 0 Å². The van der Waals surface area contributed by atoms with Gasteiger partial charge < -0.3 is 4.74 Å². The van der Waals surface area contributed by atoms with Crippen LogP contribution in [0.15, 0.2) is 35.3 Å². The Hall–Kier alpha value is -1.75. The number of ether oxygens (including phenoxy) is 1. The van der Waals surface area contributed by atoms with Gasteiger partial charge in [0.1, 0.15) is 0 Å². The summed E-state index contributed by atoms with van der Waals surface area (Å²) in [5.41, 5.74) is 0.516. The van der Waals surface area contributed by atoms with E-state index in [4.69, 9.17) is 4.74 Å². The lowest BCUT2D eigenvalue weighted by Gasteiger charge is -1.98. The van der Waals surface area contributed by atoms with Crippen molar-refractivity contribution in [3.8, 4) is 6.01 Å². The molecule has 0 aliphatic heterocycles. The van der Waals surface area contributed by atoms with Gasteiger partial charge in [-0.05, 0) is 17.5 Å². The molecule has 4 nitrogen and oxygen atoms in total. The Balaban J connectivity index is 2.10. The summed E-state index contributed by atoms with van der Waals surface area (Å²) in [7, 11) is 0. The fourth-order valence-corrected chi connectivity index (χ4v) is 1.49. The summed E-state index contributed by atoms with van der Waals surface area (Å²) in [4.78, 5) is 18.9. The van der Waals surface area contributed by atoms with E-state index in [0.29, 0.717) is 5.56 Å². The van der Waals surface area contributed by atoms with E-state index in [9.17, 15) is 4.79 Å². The number of nitrogens with zero attached hydrogens (tertiary/aromatic N) is 2. The second-order valence-corrected chi connectivity index (χ2v) is 3.21. The van der Waals surface area contributed by atoms with Gasteiger partial charge in [0.05, 0.1) is 5.56 Å². The molecule has 0 unspecified atom stereocenters. The molecule has 0 aliphatic rings. The number of aromatic nitrogens is 2. The molecule has 2 rings (SSSR count). The fourth-order valence-electron chi connectivity index (χ4n) is 0.861. The maximum Gasteiger partial charge on any atom is 0.346 e. The second kappa shape index (κ2) is 3.97. The van der Waals surface area contributed by atoms with Crippen LogP contribution in [-0.4, -0.2) is 15.9 Å². The van der Waals surface area contributed by atoms with Crippen LogP contribution in [0.5, 0.6) is 6.01 Å². The standard InChI is InChI=1S/C9H6N2O2S/c12-8(7-2-5-14-6-7)13-9-10-3-1-4-11-9/h1-6H. The summed E-state index contributed by atoms with van der Waals surface area (Å²) in [6, 6.07) is 3.42. The molecule has 0 radical (unpaired) electrons. The molecule has 0 aliphatic carbocycles.